The molecule has 0 spiro atoms. The average molecular weight is 381 g/mol. The highest BCUT2D eigenvalue weighted by atomic mass is 16.5. The number of rotatable bonds is 3. The van der Waals surface area contributed by atoms with Crippen LogP contribution in [0.15, 0.2) is 30.3 Å². The molecule has 3 heterocycles. The van der Waals surface area contributed by atoms with Crippen LogP contribution in [0.5, 0.6) is 0 Å². The van der Waals surface area contributed by atoms with Gasteiger partial charge in [-0.05, 0) is 32.0 Å². The van der Waals surface area contributed by atoms with Gasteiger partial charge in [0.25, 0.3) is 5.91 Å². The number of aryl methyl sites for hydroxylation is 1. The zero-order chi connectivity index (χ0) is 19.5. The van der Waals surface area contributed by atoms with E-state index in [1.165, 1.54) is 0 Å². The van der Waals surface area contributed by atoms with Gasteiger partial charge in [0.1, 0.15) is 0 Å². The third kappa shape index (κ3) is 4.00. The van der Waals surface area contributed by atoms with E-state index < -0.39 is 0 Å². The Morgan fingerprint density at radius 3 is 2.79 bits per heavy atom. The molecule has 1 aromatic carbocycles. The second kappa shape index (κ2) is 8.24. The van der Waals surface area contributed by atoms with Gasteiger partial charge >= 0.3 is 0 Å². The van der Waals surface area contributed by atoms with Gasteiger partial charge in [-0.1, -0.05) is 12.1 Å². The number of piperazine rings is 1. The zero-order valence-corrected chi connectivity index (χ0v) is 16.5. The van der Waals surface area contributed by atoms with Gasteiger partial charge < -0.3 is 19.9 Å². The van der Waals surface area contributed by atoms with E-state index in [1.807, 2.05) is 42.2 Å². The number of anilines is 1. The number of hydrogen-bond donors (Lipinski definition) is 1. The number of hydrogen-bond acceptors (Lipinski definition) is 6. The molecule has 4 rings (SSSR count). The zero-order valence-electron chi connectivity index (χ0n) is 16.5. The van der Waals surface area contributed by atoms with Gasteiger partial charge in [0.05, 0.1) is 18.9 Å². The van der Waals surface area contributed by atoms with Crippen molar-refractivity contribution in [1.29, 1.82) is 0 Å². The highest BCUT2D eigenvalue weighted by Crippen LogP contribution is 2.23. The number of benzene rings is 1. The Bertz CT molecular complexity index is 850. The molecule has 2 aliphatic heterocycles. The summed E-state index contributed by atoms with van der Waals surface area (Å²) >= 11 is 0. The standard InChI is InChI=1S/C21H27N5O2/c1-15-12-19(24-21(23-15)25-8-10-28-11-9-25)17-4-3-5-18(13-17)20(27)26-7-6-22-14-16(26)2/h3-5,12-13,16,22H,6-11,14H2,1-2H3/t16-/m0/s1. The molecule has 1 aromatic heterocycles. The highest BCUT2D eigenvalue weighted by Gasteiger charge is 2.24. The number of carbonyl (C=O) groups is 1. The van der Waals surface area contributed by atoms with Crippen molar-refractivity contribution in [3.63, 3.8) is 0 Å². The van der Waals surface area contributed by atoms with Gasteiger partial charge in [-0.25, -0.2) is 9.97 Å². The minimum absolute atomic E-state index is 0.0787. The Hall–Kier alpha value is -2.51. The predicted molar refractivity (Wildman–Crippen MR) is 109 cm³/mol. The summed E-state index contributed by atoms with van der Waals surface area (Å²) in [5.41, 5.74) is 3.40. The molecule has 2 aliphatic rings. The third-order valence-electron chi connectivity index (χ3n) is 5.30. The summed E-state index contributed by atoms with van der Waals surface area (Å²) in [4.78, 5) is 26.5. The van der Waals surface area contributed by atoms with E-state index in [9.17, 15) is 4.79 Å². The van der Waals surface area contributed by atoms with Crippen LogP contribution >= 0.6 is 0 Å². The van der Waals surface area contributed by atoms with Gasteiger partial charge in [0, 0.05) is 55.6 Å². The predicted octanol–water partition coefficient (Wildman–Crippen LogP) is 1.72. The van der Waals surface area contributed by atoms with Crippen LogP contribution in [0.25, 0.3) is 11.3 Å². The number of amides is 1. The van der Waals surface area contributed by atoms with Gasteiger partial charge in [-0.3, -0.25) is 4.79 Å². The van der Waals surface area contributed by atoms with Gasteiger partial charge in [-0.2, -0.15) is 0 Å². The first-order chi connectivity index (χ1) is 13.6. The summed E-state index contributed by atoms with van der Waals surface area (Å²) in [5.74, 6) is 0.806. The van der Waals surface area contributed by atoms with Crippen LogP contribution in [0.3, 0.4) is 0 Å². The molecule has 0 aliphatic carbocycles. The van der Waals surface area contributed by atoms with E-state index in [0.29, 0.717) is 18.8 Å². The first kappa shape index (κ1) is 18.8. The fourth-order valence-corrected chi connectivity index (χ4v) is 3.73. The lowest BCUT2D eigenvalue weighted by molar-refractivity contribution is 0.0656. The van der Waals surface area contributed by atoms with E-state index >= 15 is 0 Å². The molecule has 1 amide bonds. The normalized spacial score (nSPS) is 20.3. The molecular formula is C21H27N5O2. The molecule has 2 saturated heterocycles. The lowest BCUT2D eigenvalue weighted by Gasteiger charge is -2.34. The lowest BCUT2D eigenvalue weighted by atomic mass is 10.1. The van der Waals surface area contributed by atoms with Gasteiger partial charge in [0.15, 0.2) is 0 Å². The summed E-state index contributed by atoms with van der Waals surface area (Å²) < 4.78 is 5.43. The molecule has 0 saturated carbocycles. The van der Waals surface area contributed by atoms with Crippen molar-refractivity contribution in [3.8, 4) is 11.3 Å². The fourth-order valence-electron chi connectivity index (χ4n) is 3.73. The molecule has 0 unspecified atom stereocenters. The highest BCUT2D eigenvalue weighted by molar-refractivity contribution is 5.95. The molecule has 1 N–H and O–H groups in total. The minimum atomic E-state index is 0.0787. The Morgan fingerprint density at radius 2 is 2.00 bits per heavy atom. The Morgan fingerprint density at radius 1 is 1.18 bits per heavy atom. The molecule has 0 bridgehead atoms. The van der Waals surface area contributed by atoms with Crippen molar-refractivity contribution in [2.75, 3.05) is 50.8 Å². The van der Waals surface area contributed by atoms with Crippen molar-refractivity contribution >= 4 is 11.9 Å². The SMILES string of the molecule is Cc1cc(-c2cccc(C(=O)N3CCNC[C@@H]3C)c2)nc(N2CCOCC2)n1. The number of aromatic nitrogens is 2. The maximum Gasteiger partial charge on any atom is 0.254 e. The third-order valence-corrected chi connectivity index (χ3v) is 5.30. The van der Waals surface area contributed by atoms with E-state index in [0.717, 1.165) is 55.6 Å². The molecule has 7 heteroatoms. The van der Waals surface area contributed by atoms with E-state index in [-0.39, 0.29) is 11.9 Å². The summed E-state index contributed by atoms with van der Waals surface area (Å²) in [7, 11) is 0. The molecule has 1 atom stereocenters. The van der Waals surface area contributed by atoms with Crippen LogP contribution < -0.4 is 10.2 Å². The Labute approximate surface area is 165 Å². The van der Waals surface area contributed by atoms with Gasteiger partial charge in [-0.15, -0.1) is 0 Å². The number of ether oxygens (including phenoxy) is 1. The second-order valence-electron chi connectivity index (χ2n) is 7.43. The molecule has 28 heavy (non-hydrogen) atoms. The fraction of sp³-hybridized carbons (Fsp3) is 0.476. The summed E-state index contributed by atoms with van der Waals surface area (Å²) in [6, 6.07) is 9.93. The van der Waals surface area contributed by atoms with Crippen LogP contribution in [0.2, 0.25) is 0 Å². The van der Waals surface area contributed by atoms with E-state index in [2.05, 4.69) is 22.1 Å². The molecule has 0 radical (unpaired) electrons. The average Bonchev–Trinajstić information content (AvgIpc) is 2.74. The van der Waals surface area contributed by atoms with Crippen LogP contribution in [0, 0.1) is 6.92 Å². The first-order valence-electron chi connectivity index (χ1n) is 9.92. The maximum atomic E-state index is 13.0. The monoisotopic (exact) mass is 381 g/mol. The lowest BCUT2D eigenvalue weighted by Crippen LogP contribution is -2.52. The summed E-state index contributed by atoms with van der Waals surface area (Å²) in [5, 5.41) is 3.33. The van der Waals surface area contributed by atoms with Crippen LogP contribution in [0.4, 0.5) is 5.95 Å². The largest absolute Gasteiger partial charge is 0.378 e. The second-order valence-corrected chi connectivity index (χ2v) is 7.43. The molecule has 2 fully saturated rings. The molecule has 148 valence electrons. The number of carbonyl (C=O) groups excluding carboxylic acids is 1. The first-order valence-corrected chi connectivity index (χ1v) is 9.92. The topological polar surface area (TPSA) is 70.6 Å². The number of morpholine rings is 1. The van der Waals surface area contributed by atoms with Gasteiger partial charge in [0.2, 0.25) is 5.95 Å². The van der Waals surface area contributed by atoms with Crippen LogP contribution in [0.1, 0.15) is 23.0 Å². The van der Waals surface area contributed by atoms with Crippen molar-refractivity contribution < 1.29 is 9.53 Å². The Kier molecular flexibility index (Phi) is 5.54. The Balaban J connectivity index is 1.62. The number of nitrogens with one attached hydrogen (secondary N) is 1. The van der Waals surface area contributed by atoms with Crippen molar-refractivity contribution in [3.05, 3.63) is 41.6 Å². The molecule has 2 aromatic rings. The van der Waals surface area contributed by atoms with Crippen molar-refractivity contribution in [1.82, 2.24) is 20.2 Å². The maximum absolute atomic E-state index is 13.0. The molecular weight excluding hydrogens is 354 g/mol. The summed E-state index contributed by atoms with van der Waals surface area (Å²) in [6.07, 6.45) is 0. The van der Waals surface area contributed by atoms with Crippen molar-refractivity contribution in [2.24, 2.45) is 0 Å². The van der Waals surface area contributed by atoms with Crippen LogP contribution in [-0.4, -0.2) is 72.8 Å². The minimum Gasteiger partial charge on any atom is -0.378 e. The van der Waals surface area contributed by atoms with Crippen LogP contribution in [-0.2, 0) is 4.74 Å². The van der Waals surface area contributed by atoms with E-state index in [4.69, 9.17) is 9.72 Å². The summed E-state index contributed by atoms with van der Waals surface area (Å²) in [6.45, 7) is 9.44. The quantitative estimate of drug-likeness (QED) is 0.873. The smallest absolute Gasteiger partial charge is 0.254 e. The molecule has 7 nitrogen and oxygen atoms in total. The van der Waals surface area contributed by atoms with Crippen molar-refractivity contribution in [2.45, 2.75) is 19.9 Å². The number of nitrogens with zero attached hydrogens (tertiary/aromatic N) is 4. The van der Waals surface area contributed by atoms with E-state index in [1.54, 1.807) is 0 Å².